The topological polar surface area (TPSA) is 25.2 Å². The highest BCUT2D eigenvalue weighted by molar-refractivity contribution is 5.94. The van der Waals surface area contributed by atoms with Crippen LogP contribution in [-0.2, 0) is 13.2 Å². The molecule has 1 aliphatic rings. The summed E-state index contributed by atoms with van der Waals surface area (Å²) in [7, 11) is 2.01. The summed E-state index contributed by atoms with van der Waals surface area (Å²) in [6, 6.07) is 8.77. The highest BCUT2D eigenvalue weighted by Gasteiger charge is 2.35. The number of halogens is 4. The monoisotopic (exact) mass is 418 g/mol. The average Bonchev–Trinajstić information content (AvgIpc) is 3.03. The van der Waals surface area contributed by atoms with Crippen LogP contribution in [0.2, 0.25) is 0 Å². The Morgan fingerprint density at radius 3 is 2.43 bits per heavy atom. The molecule has 0 N–H and O–H groups in total. The highest BCUT2D eigenvalue weighted by atomic mass is 19.4. The summed E-state index contributed by atoms with van der Waals surface area (Å²) in [6.45, 7) is 2.95. The van der Waals surface area contributed by atoms with Crippen LogP contribution in [0.15, 0.2) is 42.6 Å². The van der Waals surface area contributed by atoms with Gasteiger partial charge in [-0.1, -0.05) is 11.6 Å². The Labute approximate surface area is 171 Å². The second kappa shape index (κ2) is 7.45. The van der Waals surface area contributed by atoms with Crippen LogP contribution < -0.4 is 0 Å². The maximum atomic E-state index is 13.5. The molecule has 3 aromatic rings. The molecule has 1 aliphatic heterocycles. The first kappa shape index (κ1) is 20.4. The maximum Gasteiger partial charge on any atom is 0.419 e. The van der Waals surface area contributed by atoms with Gasteiger partial charge in [0.1, 0.15) is 5.82 Å². The van der Waals surface area contributed by atoms with E-state index >= 15 is 0 Å². The van der Waals surface area contributed by atoms with E-state index in [-0.39, 0.29) is 11.5 Å². The van der Waals surface area contributed by atoms with E-state index in [1.54, 1.807) is 4.90 Å². The number of benzene rings is 2. The largest absolute Gasteiger partial charge is 0.419 e. The zero-order chi connectivity index (χ0) is 21.6. The van der Waals surface area contributed by atoms with Crippen LogP contribution in [0.1, 0.15) is 45.8 Å². The molecule has 1 aromatic heterocycles. The lowest BCUT2D eigenvalue weighted by Gasteiger charge is -2.32. The SMILES string of the molecule is Cc1ccc2c(c1)c(C1CCN(C(=O)c3ccc(F)c(C(F)(F)F)c3)CC1)cn2C. The molecule has 7 heteroatoms. The van der Waals surface area contributed by atoms with Gasteiger partial charge < -0.3 is 9.47 Å². The van der Waals surface area contributed by atoms with Gasteiger partial charge in [-0.3, -0.25) is 4.79 Å². The van der Waals surface area contributed by atoms with E-state index < -0.39 is 23.5 Å². The van der Waals surface area contributed by atoms with Gasteiger partial charge in [0.25, 0.3) is 5.91 Å². The zero-order valence-electron chi connectivity index (χ0n) is 16.8. The lowest BCUT2D eigenvalue weighted by molar-refractivity contribution is -0.140. The smallest absolute Gasteiger partial charge is 0.350 e. The molecule has 0 aliphatic carbocycles. The number of fused-ring (bicyclic) bond motifs is 1. The molecule has 0 saturated carbocycles. The second-order valence-electron chi connectivity index (χ2n) is 7.97. The summed E-state index contributed by atoms with van der Waals surface area (Å²) >= 11 is 0. The molecule has 2 aromatic carbocycles. The number of hydrogen-bond acceptors (Lipinski definition) is 1. The van der Waals surface area contributed by atoms with Crippen LogP contribution in [0.25, 0.3) is 10.9 Å². The molecule has 1 saturated heterocycles. The first-order valence-electron chi connectivity index (χ1n) is 9.87. The van der Waals surface area contributed by atoms with Gasteiger partial charge in [-0.05, 0) is 61.6 Å². The molecule has 2 heterocycles. The molecule has 0 atom stereocenters. The molecule has 1 amide bonds. The summed E-state index contributed by atoms with van der Waals surface area (Å²) < 4.78 is 54.5. The fourth-order valence-corrected chi connectivity index (χ4v) is 4.31. The number of hydrogen-bond donors (Lipinski definition) is 0. The number of nitrogens with zero attached hydrogens (tertiary/aromatic N) is 2. The number of likely N-dealkylation sites (tertiary alicyclic amines) is 1. The van der Waals surface area contributed by atoms with E-state index in [1.165, 1.54) is 16.5 Å². The number of amides is 1. The van der Waals surface area contributed by atoms with E-state index in [4.69, 9.17) is 0 Å². The van der Waals surface area contributed by atoms with Crippen molar-refractivity contribution in [3.05, 3.63) is 70.7 Å². The summed E-state index contributed by atoms with van der Waals surface area (Å²) in [5, 5.41) is 1.20. The number of carbonyl (C=O) groups is 1. The number of aryl methyl sites for hydroxylation is 2. The van der Waals surface area contributed by atoms with Crippen molar-refractivity contribution < 1.29 is 22.4 Å². The molecule has 0 bridgehead atoms. The van der Waals surface area contributed by atoms with Crippen LogP contribution in [0.5, 0.6) is 0 Å². The second-order valence-corrected chi connectivity index (χ2v) is 7.97. The van der Waals surface area contributed by atoms with Gasteiger partial charge >= 0.3 is 6.18 Å². The van der Waals surface area contributed by atoms with Crippen molar-refractivity contribution in [2.75, 3.05) is 13.1 Å². The third kappa shape index (κ3) is 3.68. The lowest BCUT2D eigenvalue weighted by atomic mass is 9.88. The van der Waals surface area contributed by atoms with Crippen LogP contribution in [0.3, 0.4) is 0 Å². The van der Waals surface area contributed by atoms with Gasteiger partial charge in [-0.25, -0.2) is 4.39 Å². The summed E-state index contributed by atoms with van der Waals surface area (Å²) in [4.78, 5) is 14.3. The van der Waals surface area contributed by atoms with Crippen LogP contribution in [0.4, 0.5) is 17.6 Å². The number of piperidine rings is 1. The zero-order valence-corrected chi connectivity index (χ0v) is 16.8. The third-order valence-corrected chi connectivity index (χ3v) is 5.92. The van der Waals surface area contributed by atoms with Crippen molar-refractivity contribution in [1.29, 1.82) is 0 Å². The Hall–Kier alpha value is -2.83. The van der Waals surface area contributed by atoms with Gasteiger partial charge in [0, 0.05) is 42.8 Å². The molecule has 1 fully saturated rings. The molecule has 4 rings (SSSR count). The molecule has 3 nitrogen and oxygen atoms in total. The summed E-state index contributed by atoms with van der Waals surface area (Å²) in [5.74, 6) is -1.59. The van der Waals surface area contributed by atoms with Crippen LogP contribution in [0, 0.1) is 12.7 Å². The molecule has 30 heavy (non-hydrogen) atoms. The van der Waals surface area contributed by atoms with E-state index in [2.05, 4.69) is 35.9 Å². The highest BCUT2D eigenvalue weighted by Crippen LogP contribution is 2.36. The van der Waals surface area contributed by atoms with Crippen LogP contribution >= 0.6 is 0 Å². The fourth-order valence-electron chi connectivity index (χ4n) is 4.31. The first-order valence-corrected chi connectivity index (χ1v) is 9.87. The van der Waals surface area contributed by atoms with E-state index in [9.17, 15) is 22.4 Å². The normalized spacial score (nSPS) is 15.7. The summed E-state index contributed by atoms with van der Waals surface area (Å²) in [6.07, 6.45) is -1.25. The van der Waals surface area contributed by atoms with E-state index in [0.29, 0.717) is 25.2 Å². The predicted molar refractivity (Wildman–Crippen MR) is 107 cm³/mol. The number of rotatable bonds is 2. The molecular weight excluding hydrogens is 396 g/mol. The van der Waals surface area contributed by atoms with Crippen molar-refractivity contribution in [3.8, 4) is 0 Å². The van der Waals surface area contributed by atoms with E-state index in [1.807, 2.05) is 7.05 Å². The fraction of sp³-hybridized carbons (Fsp3) is 0.348. The van der Waals surface area contributed by atoms with Crippen LogP contribution in [-0.4, -0.2) is 28.5 Å². The van der Waals surface area contributed by atoms with Crippen molar-refractivity contribution in [2.45, 2.75) is 31.9 Å². The van der Waals surface area contributed by atoms with Gasteiger partial charge in [-0.15, -0.1) is 0 Å². The van der Waals surface area contributed by atoms with Gasteiger partial charge in [-0.2, -0.15) is 13.2 Å². The van der Waals surface area contributed by atoms with Crippen molar-refractivity contribution in [3.63, 3.8) is 0 Å². The Balaban J connectivity index is 1.52. The number of carbonyl (C=O) groups excluding carboxylic acids is 1. The lowest BCUT2D eigenvalue weighted by Crippen LogP contribution is -2.38. The molecule has 0 unspecified atom stereocenters. The van der Waals surface area contributed by atoms with Gasteiger partial charge in [0.15, 0.2) is 0 Å². The molecular formula is C23H22F4N2O. The third-order valence-electron chi connectivity index (χ3n) is 5.92. The Morgan fingerprint density at radius 2 is 1.77 bits per heavy atom. The first-order chi connectivity index (χ1) is 14.1. The van der Waals surface area contributed by atoms with E-state index in [0.717, 1.165) is 24.4 Å². The molecule has 158 valence electrons. The standard InChI is InChI=1S/C23H22F4N2O/c1-14-3-6-21-17(11-14)18(13-28(21)2)15-7-9-29(10-8-15)22(30)16-4-5-20(24)19(12-16)23(25,26)27/h3-6,11-13,15H,7-10H2,1-2H3. The number of aromatic nitrogens is 1. The Kier molecular flexibility index (Phi) is 5.08. The van der Waals surface area contributed by atoms with Crippen molar-refractivity contribution in [1.82, 2.24) is 9.47 Å². The van der Waals surface area contributed by atoms with Gasteiger partial charge in [0.2, 0.25) is 0 Å². The predicted octanol–water partition coefficient (Wildman–Crippen LogP) is 5.66. The Morgan fingerprint density at radius 1 is 1.07 bits per heavy atom. The Bertz CT molecular complexity index is 1110. The minimum absolute atomic E-state index is 0.136. The maximum absolute atomic E-state index is 13.5. The quantitative estimate of drug-likeness (QED) is 0.493. The minimum Gasteiger partial charge on any atom is -0.350 e. The van der Waals surface area contributed by atoms with Crippen molar-refractivity contribution >= 4 is 16.8 Å². The average molecular weight is 418 g/mol. The van der Waals surface area contributed by atoms with Crippen molar-refractivity contribution in [2.24, 2.45) is 7.05 Å². The summed E-state index contributed by atoms with van der Waals surface area (Å²) in [5.41, 5.74) is 2.03. The molecule has 0 spiro atoms. The number of alkyl halides is 3. The minimum atomic E-state index is -4.83. The van der Waals surface area contributed by atoms with Gasteiger partial charge in [0.05, 0.1) is 5.56 Å². The molecule has 0 radical (unpaired) electrons.